The third-order valence-corrected chi connectivity index (χ3v) is 3.87. The maximum Gasteiger partial charge on any atom is 0.393 e. The molecule has 0 spiro atoms. The topological polar surface area (TPSA) is 23.5 Å². The molecule has 1 fully saturated rings. The van der Waals surface area contributed by atoms with Crippen LogP contribution >= 0.6 is 0 Å². The summed E-state index contributed by atoms with van der Waals surface area (Å²) in [6.45, 7) is 8.52. The van der Waals surface area contributed by atoms with Crippen molar-refractivity contribution >= 4 is 0 Å². The summed E-state index contributed by atoms with van der Waals surface area (Å²) in [6.07, 6.45) is -4.24. The molecule has 2 nitrogen and oxygen atoms in total. The van der Waals surface area contributed by atoms with Crippen molar-refractivity contribution in [3.8, 4) is 0 Å². The lowest BCUT2D eigenvalue weighted by atomic mass is 9.80. The second-order valence-electron chi connectivity index (χ2n) is 6.37. The van der Waals surface area contributed by atoms with Crippen LogP contribution < -0.4 is 0 Å². The maximum atomic E-state index is 13.2. The summed E-state index contributed by atoms with van der Waals surface area (Å²) in [5.41, 5.74) is 0. The van der Waals surface area contributed by atoms with Gasteiger partial charge < -0.3 is 5.11 Å². The first-order valence-corrected chi connectivity index (χ1v) is 7.13. The van der Waals surface area contributed by atoms with Crippen molar-refractivity contribution in [2.75, 3.05) is 6.54 Å². The van der Waals surface area contributed by atoms with Gasteiger partial charge in [0.05, 0.1) is 12.0 Å². The highest BCUT2D eigenvalue weighted by atomic mass is 19.4. The highest BCUT2D eigenvalue weighted by Gasteiger charge is 2.49. The molecule has 0 aromatic heterocycles. The van der Waals surface area contributed by atoms with Crippen LogP contribution in [0.2, 0.25) is 0 Å². The van der Waals surface area contributed by atoms with E-state index in [1.807, 2.05) is 32.6 Å². The summed E-state index contributed by atoms with van der Waals surface area (Å²) in [4.78, 5) is 1.92. The lowest BCUT2D eigenvalue weighted by Crippen LogP contribution is -2.53. The molecule has 0 radical (unpaired) electrons. The lowest BCUT2D eigenvalue weighted by Gasteiger charge is -2.44. The fraction of sp³-hybridized carbons (Fsp3) is 1.00. The van der Waals surface area contributed by atoms with Crippen LogP contribution in [0.3, 0.4) is 0 Å². The van der Waals surface area contributed by atoms with Crippen molar-refractivity contribution in [2.24, 2.45) is 11.8 Å². The summed E-state index contributed by atoms with van der Waals surface area (Å²) in [5.74, 6) is -0.993. The lowest BCUT2D eigenvalue weighted by molar-refractivity contribution is -0.207. The summed E-state index contributed by atoms with van der Waals surface area (Å²) in [5, 5.41) is 9.73. The average Bonchev–Trinajstić information content (AvgIpc) is 2.23. The molecular weight excluding hydrogens is 255 g/mol. The summed E-state index contributed by atoms with van der Waals surface area (Å²) in [6, 6.07) is -0.534. The Morgan fingerprint density at radius 2 is 1.74 bits per heavy atom. The Bertz CT molecular complexity index is 278. The van der Waals surface area contributed by atoms with E-state index >= 15 is 0 Å². The van der Waals surface area contributed by atoms with Gasteiger partial charge in [-0.05, 0) is 39.0 Å². The molecule has 0 amide bonds. The van der Waals surface area contributed by atoms with Crippen LogP contribution in [0.4, 0.5) is 13.2 Å². The minimum absolute atomic E-state index is 0.0383. The van der Waals surface area contributed by atoms with E-state index in [1.54, 1.807) is 0 Å². The molecule has 0 saturated heterocycles. The fourth-order valence-electron chi connectivity index (χ4n) is 3.02. The second-order valence-corrected chi connectivity index (χ2v) is 6.37. The molecule has 114 valence electrons. The van der Waals surface area contributed by atoms with E-state index in [1.165, 1.54) is 0 Å². The summed E-state index contributed by atoms with van der Waals surface area (Å²) >= 11 is 0. The SMILES string of the molecule is CC(C)CN(C(C)C)C1CC(O)CCC1C(F)(F)F. The number of alkyl halides is 3. The standard InChI is InChI=1S/C14H26F3NO/c1-9(2)8-18(10(3)4)13-7-11(19)5-6-12(13)14(15,16)17/h9-13,19H,5-8H2,1-4H3. The average molecular weight is 281 g/mol. The van der Waals surface area contributed by atoms with E-state index in [2.05, 4.69) is 0 Å². The van der Waals surface area contributed by atoms with E-state index in [-0.39, 0.29) is 25.3 Å². The number of aliphatic hydroxyl groups is 1. The predicted octanol–water partition coefficient (Wildman–Crippen LogP) is 3.44. The van der Waals surface area contributed by atoms with Crippen molar-refractivity contribution in [1.29, 1.82) is 0 Å². The van der Waals surface area contributed by atoms with Gasteiger partial charge in [-0.1, -0.05) is 13.8 Å². The first-order valence-electron chi connectivity index (χ1n) is 7.13. The van der Waals surface area contributed by atoms with E-state index in [4.69, 9.17) is 0 Å². The molecular formula is C14H26F3NO. The first-order chi connectivity index (χ1) is 8.62. The van der Waals surface area contributed by atoms with Crippen molar-refractivity contribution in [2.45, 2.75) is 71.3 Å². The molecule has 0 heterocycles. The highest BCUT2D eigenvalue weighted by molar-refractivity contribution is 4.91. The van der Waals surface area contributed by atoms with Crippen molar-refractivity contribution in [3.05, 3.63) is 0 Å². The highest BCUT2D eigenvalue weighted by Crippen LogP contribution is 2.40. The Labute approximate surface area is 114 Å². The Morgan fingerprint density at radius 1 is 1.16 bits per heavy atom. The zero-order valence-corrected chi connectivity index (χ0v) is 12.2. The second kappa shape index (κ2) is 6.44. The van der Waals surface area contributed by atoms with Crippen LogP contribution in [0.25, 0.3) is 0 Å². The van der Waals surface area contributed by atoms with Crippen molar-refractivity contribution in [1.82, 2.24) is 4.90 Å². The van der Waals surface area contributed by atoms with E-state index in [0.717, 1.165) is 0 Å². The van der Waals surface area contributed by atoms with Gasteiger partial charge in [0.25, 0.3) is 0 Å². The van der Waals surface area contributed by atoms with Crippen LogP contribution in [-0.4, -0.2) is 40.9 Å². The smallest absolute Gasteiger partial charge is 0.393 e. The third-order valence-electron chi connectivity index (χ3n) is 3.87. The van der Waals surface area contributed by atoms with Crippen LogP contribution in [0.5, 0.6) is 0 Å². The molecule has 1 aliphatic rings. The molecule has 0 bridgehead atoms. The fourth-order valence-corrected chi connectivity index (χ4v) is 3.02. The van der Waals surface area contributed by atoms with Gasteiger partial charge in [0.2, 0.25) is 0 Å². The Hall–Kier alpha value is -0.290. The Balaban J connectivity index is 2.93. The van der Waals surface area contributed by atoms with Crippen LogP contribution in [-0.2, 0) is 0 Å². The zero-order chi connectivity index (χ0) is 14.8. The molecule has 19 heavy (non-hydrogen) atoms. The minimum atomic E-state index is -4.17. The number of nitrogens with zero attached hydrogens (tertiary/aromatic N) is 1. The zero-order valence-electron chi connectivity index (χ0n) is 12.2. The molecule has 0 aromatic rings. The quantitative estimate of drug-likeness (QED) is 0.853. The van der Waals surface area contributed by atoms with Gasteiger partial charge >= 0.3 is 6.18 Å². The van der Waals surface area contributed by atoms with Crippen LogP contribution in [0, 0.1) is 11.8 Å². The molecule has 1 saturated carbocycles. The molecule has 3 unspecified atom stereocenters. The first kappa shape index (κ1) is 16.8. The predicted molar refractivity (Wildman–Crippen MR) is 69.9 cm³/mol. The van der Waals surface area contributed by atoms with E-state index in [9.17, 15) is 18.3 Å². The van der Waals surface area contributed by atoms with Gasteiger partial charge in [-0.2, -0.15) is 13.2 Å². The minimum Gasteiger partial charge on any atom is -0.393 e. The molecule has 0 aliphatic heterocycles. The van der Waals surface area contributed by atoms with Crippen molar-refractivity contribution in [3.63, 3.8) is 0 Å². The monoisotopic (exact) mass is 281 g/mol. The number of rotatable bonds is 4. The van der Waals surface area contributed by atoms with Gasteiger partial charge in [0.1, 0.15) is 0 Å². The van der Waals surface area contributed by atoms with Crippen molar-refractivity contribution < 1.29 is 18.3 Å². The van der Waals surface area contributed by atoms with Gasteiger partial charge in [-0.3, -0.25) is 4.90 Å². The molecule has 1 rings (SSSR count). The van der Waals surface area contributed by atoms with Crippen LogP contribution in [0.15, 0.2) is 0 Å². The summed E-state index contributed by atoms with van der Waals surface area (Å²) in [7, 11) is 0. The summed E-state index contributed by atoms with van der Waals surface area (Å²) < 4.78 is 39.5. The van der Waals surface area contributed by atoms with Gasteiger partial charge in [-0.25, -0.2) is 0 Å². The molecule has 1 N–H and O–H groups in total. The largest absolute Gasteiger partial charge is 0.393 e. The normalized spacial score (nSPS) is 29.5. The number of hydrogen-bond acceptors (Lipinski definition) is 2. The third kappa shape index (κ3) is 4.63. The number of hydrogen-bond donors (Lipinski definition) is 1. The molecule has 0 aromatic carbocycles. The number of halogens is 3. The Morgan fingerprint density at radius 3 is 2.16 bits per heavy atom. The molecule has 5 heteroatoms. The van der Waals surface area contributed by atoms with Gasteiger partial charge in [0.15, 0.2) is 0 Å². The molecule has 3 atom stereocenters. The van der Waals surface area contributed by atoms with Gasteiger partial charge in [0, 0.05) is 18.6 Å². The number of aliphatic hydroxyl groups excluding tert-OH is 1. The van der Waals surface area contributed by atoms with E-state index in [0.29, 0.717) is 12.5 Å². The van der Waals surface area contributed by atoms with Gasteiger partial charge in [-0.15, -0.1) is 0 Å². The van der Waals surface area contributed by atoms with E-state index < -0.39 is 24.2 Å². The van der Waals surface area contributed by atoms with Crippen LogP contribution in [0.1, 0.15) is 47.0 Å². The Kier molecular flexibility index (Phi) is 5.68. The molecule has 1 aliphatic carbocycles. The maximum absolute atomic E-state index is 13.2.